The molecule has 1 heterocycles. The molecule has 1 saturated carbocycles. The summed E-state index contributed by atoms with van der Waals surface area (Å²) in [5.41, 5.74) is 2.81. The molecule has 2 aromatic carbocycles. The zero-order chi connectivity index (χ0) is 25.4. The number of amides is 2. The number of para-hydroxylation sites is 1. The topological polar surface area (TPSA) is 87.2 Å². The molecule has 0 bridgehead atoms. The van der Waals surface area contributed by atoms with Crippen molar-refractivity contribution in [2.45, 2.75) is 57.2 Å². The van der Waals surface area contributed by atoms with Crippen molar-refractivity contribution < 1.29 is 33.0 Å². The van der Waals surface area contributed by atoms with Gasteiger partial charge >= 0.3 is 12.6 Å². The minimum atomic E-state index is -2.94. The van der Waals surface area contributed by atoms with Crippen LogP contribution in [0.2, 0.25) is 0 Å². The molecule has 1 aliphatic heterocycles. The monoisotopic (exact) mass is 496 g/mol. The van der Waals surface area contributed by atoms with Crippen LogP contribution >= 0.6 is 0 Å². The summed E-state index contributed by atoms with van der Waals surface area (Å²) >= 11 is 0. The summed E-state index contributed by atoms with van der Waals surface area (Å²) in [7, 11) is 0. The molecule has 0 radical (unpaired) electrons. The fourth-order valence-corrected chi connectivity index (χ4v) is 5.60. The minimum absolute atomic E-state index is 0.0134. The Morgan fingerprint density at radius 3 is 2.44 bits per heavy atom. The van der Waals surface area contributed by atoms with Crippen LogP contribution in [0.3, 0.4) is 0 Å². The number of benzene rings is 2. The van der Waals surface area contributed by atoms with E-state index in [9.17, 15) is 23.2 Å². The molecular weight excluding hydrogens is 470 g/mol. The molecule has 1 N–H and O–H groups in total. The lowest BCUT2D eigenvalue weighted by atomic mass is 9.81. The number of anilines is 1. The molecule has 7 nitrogen and oxygen atoms in total. The van der Waals surface area contributed by atoms with Crippen LogP contribution in [0.5, 0.6) is 5.75 Å². The van der Waals surface area contributed by atoms with E-state index in [1.807, 2.05) is 30.3 Å². The summed E-state index contributed by atoms with van der Waals surface area (Å²) in [5.74, 6) is -1.51. The number of halogens is 2. The number of ether oxygens (including phenoxy) is 1. The molecule has 3 aliphatic rings. The Balaban J connectivity index is 1.51. The number of hydrogen-bond acceptors (Lipinski definition) is 4. The first kappa shape index (κ1) is 24.0. The average molecular weight is 497 g/mol. The number of nitrogens with zero attached hydrogens (tertiary/aromatic N) is 2. The molecule has 0 spiro atoms. The van der Waals surface area contributed by atoms with Crippen LogP contribution in [-0.4, -0.2) is 40.4 Å². The molecule has 3 atom stereocenters. The number of carboxylic acid groups (broad SMARTS) is 1. The Kier molecular flexibility index (Phi) is 6.47. The number of alkyl halides is 2. The number of allylic oxidation sites excluding steroid dienone is 2. The van der Waals surface area contributed by atoms with Gasteiger partial charge in [0.2, 0.25) is 5.91 Å². The maximum atomic E-state index is 13.8. The minimum Gasteiger partial charge on any atom is -0.481 e. The lowest BCUT2D eigenvalue weighted by Gasteiger charge is -2.47. The molecule has 0 aromatic heterocycles. The van der Waals surface area contributed by atoms with E-state index in [4.69, 9.17) is 5.11 Å². The van der Waals surface area contributed by atoms with E-state index in [2.05, 4.69) is 4.74 Å². The molecule has 188 valence electrons. The second kappa shape index (κ2) is 9.72. The number of rotatable bonds is 8. The van der Waals surface area contributed by atoms with E-state index in [0.717, 1.165) is 30.5 Å². The number of carbonyl (C=O) groups excluding carboxylic acids is 2. The summed E-state index contributed by atoms with van der Waals surface area (Å²) < 4.78 is 29.5. The van der Waals surface area contributed by atoms with Gasteiger partial charge in [0.25, 0.3) is 5.91 Å². The highest BCUT2D eigenvalue weighted by Crippen LogP contribution is 2.52. The van der Waals surface area contributed by atoms with E-state index >= 15 is 0 Å². The van der Waals surface area contributed by atoms with Gasteiger partial charge in [-0.2, -0.15) is 8.78 Å². The fourth-order valence-electron chi connectivity index (χ4n) is 5.60. The Morgan fingerprint density at radius 1 is 1.06 bits per heavy atom. The van der Waals surface area contributed by atoms with Crippen molar-refractivity contribution in [3.63, 3.8) is 0 Å². The second-order valence-corrected chi connectivity index (χ2v) is 9.30. The van der Waals surface area contributed by atoms with Gasteiger partial charge in [-0.25, -0.2) is 0 Å². The average Bonchev–Trinajstić information content (AvgIpc) is 3.57. The first-order valence-electron chi connectivity index (χ1n) is 12.1. The van der Waals surface area contributed by atoms with Gasteiger partial charge in [-0.3, -0.25) is 14.4 Å². The lowest BCUT2D eigenvalue weighted by Crippen LogP contribution is -2.51. The Bertz CT molecular complexity index is 1210. The van der Waals surface area contributed by atoms with E-state index < -0.39 is 12.6 Å². The quantitative estimate of drug-likeness (QED) is 0.547. The standard InChI is InChI=1S/C27H26F2N2O5/c28-27(29)36-18-12-8-16(9-13-18)26(35)31-21-6-2-1-4-19(21)25(20-5-3-7-22(20)31)30(17-10-11-17)23(32)14-15-24(33)34/h1-2,4,6,8-10,12-13,20,22,25,27H,3,5,7,11,14-15H2,(H,33,34). The Hall–Kier alpha value is -3.75. The van der Waals surface area contributed by atoms with Gasteiger partial charge in [-0.15, -0.1) is 0 Å². The van der Waals surface area contributed by atoms with Gasteiger partial charge in [0.1, 0.15) is 5.75 Å². The maximum Gasteiger partial charge on any atom is 0.387 e. The molecule has 36 heavy (non-hydrogen) atoms. The molecule has 0 saturated heterocycles. The number of hydrogen-bond donors (Lipinski definition) is 1. The first-order chi connectivity index (χ1) is 17.3. The summed E-state index contributed by atoms with van der Waals surface area (Å²) in [6, 6.07) is 12.8. The molecule has 9 heteroatoms. The highest BCUT2D eigenvalue weighted by atomic mass is 19.3. The van der Waals surface area contributed by atoms with Crippen molar-refractivity contribution in [2.75, 3.05) is 4.90 Å². The van der Waals surface area contributed by atoms with Crippen LogP contribution in [-0.2, 0) is 9.59 Å². The van der Waals surface area contributed by atoms with E-state index in [0.29, 0.717) is 17.7 Å². The maximum absolute atomic E-state index is 13.8. The molecule has 3 unspecified atom stereocenters. The second-order valence-electron chi connectivity index (χ2n) is 9.30. The molecular formula is C27H26F2N2O5. The zero-order valence-corrected chi connectivity index (χ0v) is 19.5. The zero-order valence-electron chi connectivity index (χ0n) is 19.5. The van der Waals surface area contributed by atoms with Crippen molar-refractivity contribution in [1.29, 1.82) is 0 Å². The molecule has 2 amide bonds. The van der Waals surface area contributed by atoms with Gasteiger partial charge < -0.3 is 19.6 Å². The predicted molar refractivity (Wildman–Crippen MR) is 127 cm³/mol. The fraction of sp³-hybridized carbons (Fsp3) is 0.370. The third-order valence-electron chi connectivity index (χ3n) is 7.12. The number of carboxylic acids is 1. The van der Waals surface area contributed by atoms with Gasteiger partial charge in [0.15, 0.2) is 0 Å². The molecule has 5 rings (SSSR count). The lowest BCUT2D eigenvalue weighted by molar-refractivity contribution is -0.141. The van der Waals surface area contributed by atoms with E-state index in [1.165, 1.54) is 24.3 Å². The number of fused-ring (bicyclic) bond motifs is 2. The van der Waals surface area contributed by atoms with Gasteiger partial charge in [-0.05, 0) is 48.7 Å². The Labute approximate surface area is 206 Å². The van der Waals surface area contributed by atoms with Crippen molar-refractivity contribution >= 4 is 23.5 Å². The van der Waals surface area contributed by atoms with Crippen molar-refractivity contribution in [1.82, 2.24) is 4.90 Å². The van der Waals surface area contributed by atoms with Crippen LogP contribution in [0.4, 0.5) is 14.5 Å². The van der Waals surface area contributed by atoms with Crippen LogP contribution in [0.25, 0.3) is 0 Å². The number of aliphatic carboxylic acids is 1. The van der Waals surface area contributed by atoms with Crippen molar-refractivity contribution in [3.8, 4) is 5.75 Å². The third-order valence-corrected chi connectivity index (χ3v) is 7.12. The molecule has 2 aliphatic carbocycles. The highest BCUT2D eigenvalue weighted by Gasteiger charge is 2.50. The van der Waals surface area contributed by atoms with Crippen LogP contribution < -0.4 is 9.64 Å². The molecule has 2 aromatic rings. The van der Waals surface area contributed by atoms with Crippen molar-refractivity contribution in [3.05, 3.63) is 71.4 Å². The van der Waals surface area contributed by atoms with Gasteiger partial charge in [0, 0.05) is 41.7 Å². The summed E-state index contributed by atoms with van der Waals surface area (Å²) in [4.78, 5) is 41.7. The van der Waals surface area contributed by atoms with E-state index in [1.54, 1.807) is 9.80 Å². The number of carbonyl (C=O) groups is 3. The van der Waals surface area contributed by atoms with Crippen molar-refractivity contribution in [2.24, 2.45) is 5.92 Å². The SMILES string of the molecule is O=C(O)CCC(=O)N(C1=CC1)C1c2ccccc2N(C(=O)c2ccc(OC(F)F)cc2)C2CCCC12. The van der Waals surface area contributed by atoms with Crippen LogP contribution in [0.15, 0.2) is 60.3 Å². The highest BCUT2D eigenvalue weighted by molar-refractivity contribution is 6.07. The van der Waals surface area contributed by atoms with Crippen LogP contribution in [0.1, 0.15) is 60.5 Å². The third kappa shape index (κ3) is 4.57. The predicted octanol–water partition coefficient (Wildman–Crippen LogP) is 5.14. The summed E-state index contributed by atoms with van der Waals surface area (Å²) in [6.45, 7) is -2.94. The summed E-state index contributed by atoms with van der Waals surface area (Å²) in [5, 5.41) is 9.11. The van der Waals surface area contributed by atoms with Crippen LogP contribution in [0, 0.1) is 5.92 Å². The normalized spacial score (nSPS) is 21.9. The largest absolute Gasteiger partial charge is 0.481 e. The van der Waals surface area contributed by atoms with Gasteiger partial charge in [0.05, 0.1) is 12.5 Å². The van der Waals surface area contributed by atoms with Gasteiger partial charge in [-0.1, -0.05) is 30.7 Å². The first-order valence-corrected chi connectivity index (χ1v) is 12.1. The Morgan fingerprint density at radius 2 is 1.78 bits per heavy atom. The smallest absolute Gasteiger partial charge is 0.387 e. The summed E-state index contributed by atoms with van der Waals surface area (Å²) in [6.07, 6.45) is 4.81. The molecule has 1 fully saturated rings. The van der Waals surface area contributed by atoms with E-state index in [-0.39, 0.29) is 48.4 Å².